The molecule has 1 nitrogen and oxygen atoms in total. The Balaban J connectivity index is 2.48. The zero-order valence-corrected chi connectivity index (χ0v) is 11.7. The van der Waals surface area contributed by atoms with Crippen LogP contribution in [0.15, 0.2) is 42.5 Å². The van der Waals surface area contributed by atoms with Gasteiger partial charge in [0.2, 0.25) is 0 Å². The lowest BCUT2D eigenvalue weighted by Crippen LogP contribution is -2.35. The first-order valence-corrected chi connectivity index (χ1v) is 6.60. The average molecular weight is 257 g/mol. The molecule has 0 aromatic heterocycles. The molecule has 1 atom stereocenters. The summed E-state index contributed by atoms with van der Waals surface area (Å²) in [4.78, 5) is 0. The van der Waals surface area contributed by atoms with Crippen LogP contribution < -0.4 is 5.73 Å². The van der Waals surface area contributed by atoms with E-state index in [2.05, 4.69) is 6.92 Å². The molecule has 0 radical (unpaired) electrons. The number of aryl methyl sites for hydroxylation is 2. The second-order valence-corrected chi connectivity index (χ2v) is 5.24. The van der Waals surface area contributed by atoms with Crippen molar-refractivity contribution in [2.75, 3.05) is 0 Å². The molecule has 0 saturated heterocycles. The topological polar surface area (TPSA) is 26.0 Å². The van der Waals surface area contributed by atoms with Gasteiger partial charge in [-0.2, -0.15) is 0 Å². The molecule has 2 heteroatoms. The van der Waals surface area contributed by atoms with Crippen molar-refractivity contribution < 1.29 is 4.39 Å². The molecule has 100 valence electrons. The molecule has 0 aliphatic carbocycles. The van der Waals surface area contributed by atoms with Crippen molar-refractivity contribution in [3.8, 4) is 0 Å². The fourth-order valence-corrected chi connectivity index (χ4v) is 2.28. The average Bonchev–Trinajstić information content (AvgIpc) is 2.41. The molecule has 1 unspecified atom stereocenters. The van der Waals surface area contributed by atoms with Gasteiger partial charge in [-0.1, -0.05) is 48.9 Å². The standard InChI is InChI=1S/C17H20FN/c1-4-13-6-8-14(9-7-13)17(3,19)15-11-12(2)5-10-16(15)18/h5-11H,4,19H2,1-3H3. The zero-order chi connectivity index (χ0) is 14.0. The Labute approximate surface area is 114 Å². The third kappa shape index (κ3) is 2.69. The highest BCUT2D eigenvalue weighted by Gasteiger charge is 2.26. The van der Waals surface area contributed by atoms with Crippen molar-refractivity contribution in [3.63, 3.8) is 0 Å². The molecular formula is C17H20FN. The van der Waals surface area contributed by atoms with Gasteiger partial charge in [-0.15, -0.1) is 0 Å². The van der Waals surface area contributed by atoms with Gasteiger partial charge in [0, 0.05) is 5.56 Å². The van der Waals surface area contributed by atoms with Gasteiger partial charge < -0.3 is 5.73 Å². The van der Waals surface area contributed by atoms with Crippen LogP contribution >= 0.6 is 0 Å². The summed E-state index contributed by atoms with van der Waals surface area (Å²) in [7, 11) is 0. The van der Waals surface area contributed by atoms with Crippen molar-refractivity contribution in [1.29, 1.82) is 0 Å². The monoisotopic (exact) mass is 257 g/mol. The fourth-order valence-electron chi connectivity index (χ4n) is 2.28. The molecular weight excluding hydrogens is 237 g/mol. The molecule has 0 fully saturated rings. The molecule has 19 heavy (non-hydrogen) atoms. The van der Waals surface area contributed by atoms with E-state index in [-0.39, 0.29) is 5.82 Å². The summed E-state index contributed by atoms with van der Waals surface area (Å²) in [5.74, 6) is -0.254. The minimum atomic E-state index is -0.817. The number of hydrogen-bond donors (Lipinski definition) is 1. The van der Waals surface area contributed by atoms with Crippen LogP contribution in [0.25, 0.3) is 0 Å². The summed E-state index contributed by atoms with van der Waals surface area (Å²) in [6.07, 6.45) is 0.986. The van der Waals surface area contributed by atoms with Crippen molar-refractivity contribution in [2.45, 2.75) is 32.7 Å². The molecule has 2 N–H and O–H groups in total. The first-order chi connectivity index (χ1) is 8.95. The van der Waals surface area contributed by atoms with E-state index in [0.29, 0.717) is 5.56 Å². The van der Waals surface area contributed by atoms with Gasteiger partial charge in [0.05, 0.1) is 5.54 Å². The molecule has 0 aliphatic rings. The van der Waals surface area contributed by atoms with E-state index in [1.165, 1.54) is 11.6 Å². The number of rotatable bonds is 3. The Morgan fingerprint density at radius 1 is 1.11 bits per heavy atom. The Morgan fingerprint density at radius 2 is 1.74 bits per heavy atom. The van der Waals surface area contributed by atoms with E-state index in [1.54, 1.807) is 6.07 Å². The van der Waals surface area contributed by atoms with Crippen molar-refractivity contribution in [2.24, 2.45) is 5.73 Å². The summed E-state index contributed by atoms with van der Waals surface area (Å²) in [5, 5.41) is 0. The summed E-state index contributed by atoms with van der Waals surface area (Å²) in [6.45, 7) is 5.90. The molecule has 0 amide bonds. The lowest BCUT2D eigenvalue weighted by atomic mass is 9.84. The van der Waals surface area contributed by atoms with Crippen molar-refractivity contribution in [3.05, 3.63) is 70.5 Å². The number of benzene rings is 2. The maximum absolute atomic E-state index is 14.0. The van der Waals surface area contributed by atoms with Gasteiger partial charge in [-0.3, -0.25) is 0 Å². The molecule has 2 aromatic rings. The lowest BCUT2D eigenvalue weighted by Gasteiger charge is -2.27. The third-order valence-corrected chi connectivity index (χ3v) is 3.64. The second kappa shape index (κ2) is 5.14. The quantitative estimate of drug-likeness (QED) is 0.886. The first kappa shape index (κ1) is 13.8. The van der Waals surface area contributed by atoms with E-state index in [9.17, 15) is 4.39 Å². The minimum Gasteiger partial charge on any atom is -0.318 e. The maximum Gasteiger partial charge on any atom is 0.128 e. The van der Waals surface area contributed by atoms with E-state index >= 15 is 0 Å². The van der Waals surface area contributed by atoms with Crippen LogP contribution in [0.4, 0.5) is 4.39 Å². The van der Waals surface area contributed by atoms with E-state index in [4.69, 9.17) is 5.73 Å². The molecule has 0 aliphatic heterocycles. The van der Waals surface area contributed by atoms with Crippen LogP contribution in [-0.4, -0.2) is 0 Å². The highest BCUT2D eigenvalue weighted by atomic mass is 19.1. The van der Waals surface area contributed by atoms with E-state index in [1.807, 2.05) is 44.2 Å². The Kier molecular flexibility index (Phi) is 3.72. The molecule has 0 saturated carbocycles. The highest BCUT2D eigenvalue weighted by Crippen LogP contribution is 2.29. The van der Waals surface area contributed by atoms with E-state index < -0.39 is 5.54 Å². The largest absolute Gasteiger partial charge is 0.318 e. The zero-order valence-electron chi connectivity index (χ0n) is 11.7. The van der Waals surface area contributed by atoms with Gasteiger partial charge in [0.1, 0.15) is 5.82 Å². The van der Waals surface area contributed by atoms with Gasteiger partial charge in [0.15, 0.2) is 0 Å². The molecule has 0 bridgehead atoms. The van der Waals surface area contributed by atoms with Gasteiger partial charge in [0.25, 0.3) is 0 Å². The van der Waals surface area contributed by atoms with E-state index in [0.717, 1.165) is 17.5 Å². The molecule has 2 aromatic carbocycles. The fraction of sp³-hybridized carbons (Fsp3) is 0.294. The summed E-state index contributed by atoms with van der Waals surface area (Å²) in [6, 6.07) is 13.1. The predicted octanol–water partition coefficient (Wildman–Crippen LogP) is 3.92. The Morgan fingerprint density at radius 3 is 2.32 bits per heavy atom. The summed E-state index contributed by atoms with van der Waals surface area (Å²) in [5.41, 5.74) is 9.29. The molecule has 2 rings (SSSR count). The third-order valence-electron chi connectivity index (χ3n) is 3.64. The van der Waals surface area contributed by atoms with Crippen LogP contribution in [0.3, 0.4) is 0 Å². The lowest BCUT2D eigenvalue weighted by molar-refractivity contribution is 0.530. The number of halogens is 1. The van der Waals surface area contributed by atoms with Crippen molar-refractivity contribution in [1.82, 2.24) is 0 Å². The summed E-state index contributed by atoms with van der Waals surface area (Å²) < 4.78 is 14.0. The normalized spacial score (nSPS) is 14.2. The van der Waals surface area contributed by atoms with Crippen molar-refractivity contribution >= 4 is 0 Å². The van der Waals surface area contributed by atoms with Crippen LogP contribution in [0.2, 0.25) is 0 Å². The van der Waals surface area contributed by atoms with Crippen LogP contribution in [0.1, 0.15) is 36.1 Å². The molecule has 0 heterocycles. The Bertz CT molecular complexity index is 570. The maximum atomic E-state index is 14.0. The molecule has 0 spiro atoms. The van der Waals surface area contributed by atoms with Gasteiger partial charge in [-0.25, -0.2) is 4.39 Å². The SMILES string of the molecule is CCc1ccc(C(C)(N)c2cc(C)ccc2F)cc1. The van der Waals surface area contributed by atoms with Crippen LogP contribution in [0, 0.1) is 12.7 Å². The first-order valence-electron chi connectivity index (χ1n) is 6.60. The van der Waals surface area contributed by atoms with Gasteiger partial charge >= 0.3 is 0 Å². The number of nitrogens with two attached hydrogens (primary N) is 1. The summed E-state index contributed by atoms with van der Waals surface area (Å²) >= 11 is 0. The van der Waals surface area contributed by atoms with Crippen LogP contribution in [-0.2, 0) is 12.0 Å². The van der Waals surface area contributed by atoms with Crippen LogP contribution in [0.5, 0.6) is 0 Å². The Hall–Kier alpha value is -1.67. The van der Waals surface area contributed by atoms with Gasteiger partial charge in [-0.05, 0) is 37.5 Å². The highest BCUT2D eigenvalue weighted by molar-refractivity contribution is 5.40. The number of hydrogen-bond acceptors (Lipinski definition) is 1. The predicted molar refractivity (Wildman–Crippen MR) is 77.6 cm³/mol. The second-order valence-electron chi connectivity index (χ2n) is 5.24. The minimum absolute atomic E-state index is 0.254. The smallest absolute Gasteiger partial charge is 0.128 e.